The molecule has 0 fully saturated rings. The Balaban J connectivity index is 2.06. The molecule has 0 bridgehead atoms. The lowest BCUT2D eigenvalue weighted by atomic mass is 10.3. The molecular formula is C11H16N4OS. The minimum atomic E-state index is -0.451. The van der Waals surface area contributed by atoms with E-state index < -0.39 is 6.10 Å². The van der Waals surface area contributed by atoms with E-state index in [0.717, 1.165) is 22.1 Å². The molecule has 6 heteroatoms. The molecule has 17 heavy (non-hydrogen) atoms. The van der Waals surface area contributed by atoms with Crippen LogP contribution >= 0.6 is 11.3 Å². The number of thiazole rings is 1. The van der Waals surface area contributed by atoms with Crippen LogP contribution in [-0.2, 0) is 13.6 Å². The van der Waals surface area contributed by atoms with Crippen molar-refractivity contribution in [3.63, 3.8) is 0 Å². The first-order chi connectivity index (χ1) is 8.06. The van der Waals surface area contributed by atoms with Gasteiger partial charge >= 0.3 is 0 Å². The van der Waals surface area contributed by atoms with Crippen LogP contribution in [0.15, 0.2) is 18.6 Å². The molecule has 0 aromatic carbocycles. The molecule has 0 aliphatic rings. The van der Waals surface area contributed by atoms with Gasteiger partial charge in [-0.2, -0.15) is 5.10 Å². The second-order valence-corrected chi connectivity index (χ2v) is 5.14. The fourth-order valence-electron chi connectivity index (χ4n) is 1.54. The van der Waals surface area contributed by atoms with Gasteiger partial charge in [-0.1, -0.05) is 11.3 Å². The van der Waals surface area contributed by atoms with E-state index in [9.17, 15) is 5.11 Å². The van der Waals surface area contributed by atoms with Crippen molar-refractivity contribution in [2.24, 2.45) is 7.05 Å². The van der Waals surface area contributed by atoms with E-state index in [-0.39, 0.29) is 0 Å². The molecule has 0 saturated heterocycles. The van der Waals surface area contributed by atoms with Crippen LogP contribution in [0.5, 0.6) is 0 Å². The van der Waals surface area contributed by atoms with E-state index in [4.69, 9.17) is 0 Å². The van der Waals surface area contributed by atoms with E-state index in [1.54, 1.807) is 17.8 Å². The lowest BCUT2D eigenvalue weighted by Crippen LogP contribution is -2.15. The lowest BCUT2D eigenvalue weighted by Gasteiger charge is -2.14. The number of nitrogens with zero attached hydrogens (tertiary/aromatic N) is 4. The standard InChI is InChI=1S/C11H16N4OS/c1-8(16)10-5-12-11(17-10)14(2)6-9-4-13-15(3)7-9/h4-5,7-8,16H,6H2,1-3H3. The molecule has 0 aliphatic heterocycles. The molecule has 1 N–H and O–H groups in total. The fraction of sp³-hybridized carbons (Fsp3) is 0.455. The van der Waals surface area contributed by atoms with E-state index in [1.165, 1.54) is 11.3 Å². The van der Waals surface area contributed by atoms with Crippen molar-refractivity contribution >= 4 is 16.5 Å². The van der Waals surface area contributed by atoms with Gasteiger partial charge in [0, 0.05) is 38.6 Å². The van der Waals surface area contributed by atoms with Crippen molar-refractivity contribution in [2.45, 2.75) is 19.6 Å². The second kappa shape index (κ2) is 4.85. The average molecular weight is 252 g/mol. The van der Waals surface area contributed by atoms with Crippen molar-refractivity contribution in [2.75, 3.05) is 11.9 Å². The Kier molecular flexibility index (Phi) is 3.44. The van der Waals surface area contributed by atoms with Crippen molar-refractivity contribution in [1.82, 2.24) is 14.8 Å². The first-order valence-corrected chi connectivity index (χ1v) is 6.20. The normalized spacial score (nSPS) is 12.7. The molecule has 5 nitrogen and oxygen atoms in total. The highest BCUT2D eigenvalue weighted by atomic mass is 32.1. The summed E-state index contributed by atoms with van der Waals surface area (Å²) in [6.07, 6.45) is 5.11. The summed E-state index contributed by atoms with van der Waals surface area (Å²) >= 11 is 1.51. The van der Waals surface area contributed by atoms with Crippen LogP contribution in [-0.4, -0.2) is 26.9 Å². The van der Waals surface area contributed by atoms with E-state index in [2.05, 4.69) is 10.1 Å². The van der Waals surface area contributed by atoms with Gasteiger partial charge in [0.2, 0.25) is 0 Å². The maximum absolute atomic E-state index is 9.45. The van der Waals surface area contributed by atoms with Crippen LogP contribution in [0.4, 0.5) is 5.13 Å². The summed E-state index contributed by atoms with van der Waals surface area (Å²) in [4.78, 5) is 7.23. The first kappa shape index (κ1) is 12.1. The Morgan fingerprint density at radius 1 is 1.53 bits per heavy atom. The maximum atomic E-state index is 9.45. The molecular weight excluding hydrogens is 236 g/mol. The molecule has 1 unspecified atom stereocenters. The number of aliphatic hydroxyl groups is 1. The van der Waals surface area contributed by atoms with Gasteiger partial charge in [-0.05, 0) is 6.92 Å². The van der Waals surface area contributed by atoms with Crippen LogP contribution in [0.25, 0.3) is 0 Å². The molecule has 0 saturated carbocycles. The molecule has 0 radical (unpaired) electrons. The minimum Gasteiger partial charge on any atom is -0.388 e. The number of aliphatic hydroxyl groups excluding tert-OH is 1. The summed E-state index contributed by atoms with van der Waals surface area (Å²) in [6, 6.07) is 0. The summed E-state index contributed by atoms with van der Waals surface area (Å²) < 4.78 is 1.78. The first-order valence-electron chi connectivity index (χ1n) is 5.38. The molecule has 92 valence electrons. The largest absolute Gasteiger partial charge is 0.388 e. The van der Waals surface area contributed by atoms with Gasteiger partial charge in [-0.3, -0.25) is 4.68 Å². The van der Waals surface area contributed by atoms with Crippen LogP contribution < -0.4 is 4.90 Å². The summed E-state index contributed by atoms with van der Waals surface area (Å²) in [7, 11) is 3.89. The quantitative estimate of drug-likeness (QED) is 0.897. The van der Waals surface area contributed by atoms with Crippen molar-refractivity contribution in [3.05, 3.63) is 29.0 Å². The Morgan fingerprint density at radius 2 is 2.29 bits per heavy atom. The van der Waals surface area contributed by atoms with Gasteiger partial charge in [0.05, 0.1) is 17.2 Å². The Morgan fingerprint density at radius 3 is 2.82 bits per heavy atom. The predicted molar refractivity (Wildman–Crippen MR) is 68.1 cm³/mol. The average Bonchev–Trinajstić information content (AvgIpc) is 2.86. The van der Waals surface area contributed by atoms with Gasteiger partial charge in [-0.25, -0.2) is 4.98 Å². The topological polar surface area (TPSA) is 54.2 Å². The zero-order valence-corrected chi connectivity index (χ0v) is 11.0. The summed E-state index contributed by atoms with van der Waals surface area (Å²) in [5, 5.41) is 14.5. The Labute approximate surface area is 104 Å². The van der Waals surface area contributed by atoms with E-state index in [0.29, 0.717) is 0 Å². The highest BCUT2D eigenvalue weighted by molar-refractivity contribution is 7.15. The molecule has 2 heterocycles. The molecule has 0 aliphatic carbocycles. The monoisotopic (exact) mass is 252 g/mol. The minimum absolute atomic E-state index is 0.451. The van der Waals surface area contributed by atoms with Crippen molar-refractivity contribution in [1.29, 1.82) is 0 Å². The van der Waals surface area contributed by atoms with Crippen LogP contribution in [0.3, 0.4) is 0 Å². The second-order valence-electron chi connectivity index (χ2n) is 4.10. The third-order valence-corrected chi connectivity index (χ3v) is 3.71. The number of rotatable bonds is 4. The van der Waals surface area contributed by atoms with E-state index >= 15 is 0 Å². The molecule has 2 aromatic rings. The Bertz CT molecular complexity index is 491. The van der Waals surface area contributed by atoms with Crippen LogP contribution in [0.2, 0.25) is 0 Å². The maximum Gasteiger partial charge on any atom is 0.185 e. The highest BCUT2D eigenvalue weighted by Crippen LogP contribution is 2.26. The summed E-state index contributed by atoms with van der Waals surface area (Å²) in [5.41, 5.74) is 1.14. The predicted octanol–water partition coefficient (Wildman–Crippen LogP) is 1.57. The van der Waals surface area contributed by atoms with Gasteiger partial charge in [0.25, 0.3) is 0 Å². The smallest absolute Gasteiger partial charge is 0.185 e. The van der Waals surface area contributed by atoms with Crippen LogP contribution in [0, 0.1) is 0 Å². The van der Waals surface area contributed by atoms with E-state index in [1.807, 2.05) is 31.4 Å². The van der Waals surface area contributed by atoms with Gasteiger partial charge in [0.15, 0.2) is 5.13 Å². The number of aromatic nitrogens is 3. The Hall–Kier alpha value is -1.40. The van der Waals surface area contributed by atoms with Crippen molar-refractivity contribution < 1.29 is 5.11 Å². The summed E-state index contributed by atoms with van der Waals surface area (Å²) in [5.74, 6) is 0. The van der Waals surface area contributed by atoms with Gasteiger partial charge in [0.1, 0.15) is 0 Å². The number of aryl methyl sites for hydroxylation is 1. The number of hydrogen-bond donors (Lipinski definition) is 1. The highest BCUT2D eigenvalue weighted by Gasteiger charge is 2.11. The summed E-state index contributed by atoms with van der Waals surface area (Å²) in [6.45, 7) is 2.51. The third kappa shape index (κ3) is 2.83. The fourth-order valence-corrected chi connectivity index (χ4v) is 2.35. The van der Waals surface area contributed by atoms with Gasteiger partial charge < -0.3 is 10.0 Å². The molecule has 2 aromatic heterocycles. The zero-order valence-electron chi connectivity index (χ0n) is 10.2. The molecule has 0 spiro atoms. The molecule has 1 atom stereocenters. The SMILES string of the molecule is CC(O)c1cnc(N(C)Cc2cnn(C)c2)s1. The molecule has 0 amide bonds. The number of anilines is 1. The van der Waals surface area contributed by atoms with Crippen molar-refractivity contribution in [3.8, 4) is 0 Å². The van der Waals surface area contributed by atoms with Gasteiger partial charge in [-0.15, -0.1) is 0 Å². The molecule has 2 rings (SSSR count). The number of hydrogen-bond acceptors (Lipinski definition) is 5. The lowest BCUT2D eigenvalue weighted by molar-refractivity contribution is 0.203. The van der Waals surface area contributed by atoms with Crippen LogP contribution in [0.1, 0.15) is 23.5 Å². The third-order valence-electron chi connectivity index (χ3n) is 2.43. The zero-order chi connectivity index (χ0) is 12.4.